The van der Waals surface area contributed by atoms with Crippen LogP contribution in [0.2, 0.25) is 0 Å². The molecule has 1 heterocycles. The average Bonchev–Trinajstić information content (AvgIpc) is 2.52. The van der Waals surface area contributed by atoms with E-state index in [9.17, 15) is 13.6 Å². The van der Waals surface area contributed by atoms with E-state index in [2.05, 4.69) is 10.1 Å². The lowest BCUT2D eigenvalue weighted by Gasteiger charge is -2.21. The fourth-order valence-corrected chi connectivity index (χ4v) is 1.57. The molecule has 5 heteroatoms. The Bertz CT molecular complexity index is 422. The molecule has 1 fully saturated rings. The van der Waals surface area contributed by atoms with Gasteiger partial charge in [-0.1, -0.05) is 0 Å². The summed E-state index contributed by atoms with van der Waals surface area (Å²) < 4.78 is 31.0. The fraction of sp³-hybridized carbons (Fsp3) is 0.300. The van der Waals surface area contributed by atoms with Crippen molar-refractivity contribution in [1.29, 1.82) is 0 Å². The van der Waals surface area contributed by atoms with Crippen molar-refractivity contribution < 1.29 is 18.3 Å². The third kappa shape index (κ3) is 1.65. The Kier molecular flexibility index (Phi) is 2.10. The smallest absolute Gasteiger partial charge is 0.408 e. The van der Waals surface area contributed by atoms with Crippen LogP contribution in [0, 0.1) is 11.6 Å². The van der Waals surface area contributed by atoms with E-state index >= 15 is 0 Å². The molecular formula is C10H9F2NO2. The van der Waals surface area contributed by atoms with E-state index < -0.39 is 23.3 Å². The van der Waals surface area contributed by atoms with Crippen molar-refractivity contribution in [3.8, 4) is 0 Å². The molecule has 0 spiro atoms. The van der Waals surface area contributed by atoms with Crippen LogP contribution in [0.3, 0.4) is 0 Å². The van der Waals surface area contributed by atoms with Gasteiger partial charge in [0.1, 0.15) is 23.8 Å². The van der Waals surface area contributed by atoms with Crippen LogP contribution in [0.25, 0.3) is 0 Å². The van der Waals surface area contributed by atoms with Gasteiger partial charge in [-0.2, -0.15) is 0 Å². The number of carbonyl (C=O) groups excluding carboxylic acids is 1. The van der Waals surface area contributed by atoms with E-state index in [-0.39, 0.29) is 12.2 Å². The molecule has 1 N–H and O–H groups in total. The largest absolute Gasteiger partial charge is 0.447 e. The van der Waals surface area contributed by atoms with E-state index in [0.29, 0.717) is 0 Å². The molecule has 2 rings (SSSR count). The van der Waals surface area contributed by atoms with Gasteiger partial charge in [-0.05, 0) is 25.1 Å². The number of rotatable bonds is 1. The van der Waals surface area contributed by atoms with Gasteiger partial charge < -0.3 is 10.1 Å². The Labute approximate surface area is 85.0 Å². The van der Waals surface area contributed by atoms with Gasteiger partial charge in [0.05, 0.1) is 0 Å². The highest BCUT2D eigenvalue weighted by molar-refractivity contribution is 5.71. The second-order valence-corrected chi connectivity index (χ2v) is 3.66. The Morgan fingerprint density at radius 1 is 1.47 bits per heavy atom. The fourth-order valence-electron chi connectivity index (χ4n) is 1.57. The van der Waals surface area contributed by atoms with Crippen molar-refractivity contribution in [2.24, 2.45) is 0 Å². The van der Waals surface area contributed by atoms with Gasteiger partial charge in [0, 0.05) is 5.56 Å². The van der Waals surface area contributed by atoms with Crippen molar-refractivity contribution in [2.75, 3.05) is 6.61 Å². The second-order valence-electron chi connectivity index (χ2n) is 3.66. The zero-order chi connectivity index (χ0) is 11.1. The SMILES string of the molecule is CC1(c2cc(F)ccc2F)COC(=O)N1. The van der Waals surface area contributed by atoms with Crippen LogP contribution in [-0.2, 0) is 10.3 Å². The van der Waals surface area contributed by atoms with E-state index in [0.717, 1.165) is 18.2 Å². The summed E-state index contributed by atoms with van der Waals surface area (Å²) in [6, 6.07) is 3.12. The topological polar surface area (TPSA) is 38.3 Å². The number of halogens is 2. The summed E-state index contributed by atoms with van der Waals surface area (Å²) in [6.07, 6.45) is -0.624. The van der Waals surface area contributed by atoms with Crippen LogP contribution in [0.4, 0.5) is 13.6 Å². The van der Waals surface area contributed by atoms with Gasteiger partial charge in [-0.15, -0.1) is 0 Å². The molecule has 0 saturated carbocycles. The highest BCUT2D eigenvalue weighted by Gasteiger charge is 2.38. The number of ether oxygens (including phenoxy) is 1. The summed E-state index contributed by atoms with van der Waals surface area (Å²) in [6.45, 7) is 1.57. The monoisotopic (exact) mass is 213 g/mol. The zero-order valence-electron chi connectivity index (χ0n) is 8.01. The van der Waals surface area contributed by atoms with Crippen molar-refractivity contribution in [3.05, 3.63) is 35.4 Å². The highest BCUT2D eigenvalue weighted by atomic mass is 19.1. The van der Waals surface area contributed by atoms with Gasteiger partial charge in [0.25, 0.3) is 0 Å². The van der Waals surface area contributed by atoms with Gasteiger partial charge in [0.15, 0.2) is 0 Å². The number of benzene rings is 1. The average molecular weight is 213 g/mol. The summed E-state index contributed by atoms with van der Waals surface area (Å²) in [5, 5.41) is 2.45. The maximum Gasteiger partial charge on any atom is 0.408 e. The van der Waals surface area contributed by atoms with Crippen LogP contribution in [0.15, 0.2) is 18.2 Å². The number of cyclic esters (lactones) is 1. The first kappa shape index (κ1) is 9.89. The van der Waals surface area contributed by atoms with Crippen LogP contribution in [0.1, 0.15) is 12.5 Å². The van der Waals surface area contributed by atoms with Crippen LogP contribution in [0.5, 0.6) is 0 Å². The van der Waals surface area contributed by atoms with Crippen molar-refractivity contribution in [2.45, 2.75) is 12.5 Å². The number of nitrogens with one attached hydrogen (secondary N) is 1. The molecule has 0 radical (unpaired) electrons. The van der Waals surface area contributed by atoms with Crippen molar-refractivity contribution in [1.82, 2.24) is 5.32 Å². The van der Waals surface area contributed by atoms with Gasteiger partial charge >= 0.3 is 6.09 Å². The summed E-state index contributed by atoms with van der Waals surface area (Å²) in [5.74, 6) is -1.11. The number of amides is 1. The third-order valence-corrected chi connectivity index (χ3v) is 2.39. The summed E-state index contributed by atoms with van der Waals surface area (Å²) in [4.78, 5) is 10.9. The minimum Gasteiger partial charge on any atom is -0.447 e. The van der Waals surface area contributed by atoms with E-state index in [4.69, 9.17) is 0 Å². The first-order valence-corrected chi connectivity index (χ1v) is 4.42. The van der Waals surface area contributed by atoms with E-state index in [1.54, 1.807) is 6.92 Å². The second kappa shape index (κ2) is 3.18. The molecule has 1 aliphatic heterocycles. The van der Waals surface area contributed by atoms with Crippen LogP contribution in [-0.4, -0.2) is 12.7 Å². The molecule has 1 atom stereocenters. The lowest BCUT2D eigenvalue weighted by Crippen LogP contribution is -2.38. The first-order valence-electron chi connectivity index (χ1n) is 4.42. The number of hydrogen-bond acceptors (Lipinski definition) is 2. The molecule has 0 aromatic heterocycles. The summed E-state index contributed by atoms with van der Waals surface area (Å²) >= 11 is 0. The Balaban J connectivity index is 2.44. The van der Waals surface area contributed by atoms with Crippen LogP contribution >= 0.6 is 0 Å². The van der Waals surface area contributed by atoms with E-state index in [1.807, 2.05) is 0 Å². The first-order chi connectivity index (χ1) is 7.01. The molecule has 3 nitrogen and oxygen atoms in total. The third-order valence-electron chi connectivity index (χ3n) is 2.39. The minimum absolute atomic E-state index is 0.00773. The standard InChI is InChI=1S/C10H9F2NO2/c1-10(5-15-9(14)13-10)7-4-6(11)2-3-8(7)12/h2-4H,5H2,1H3,(H,13,14). The lowest BCUT2D eigenvalue weighted by atomic mass is 9.93. The molecule has 1 unspecified atom stereocenters. The molecule has 1 aromatic carbocycles. The molecular weight excluding hydrogens is 204 g/mol. The van der Waals surface area contributed by atoms with Gasteiger partial charge in [0.2, 0.25) is 0 Å². The molecule has 1 saturated heterocycles. The van der Waals surface area contributed by atoms with E-state index in [1.165, 1.54) is 0 Å². The number of alkyl carbamates (subject to hydrolysis) is 1. The van der Waals surface area contributed by atoms with Gasteiger partial charge in [-0.3, -0.25) is 0 Å². The Morgan fingerprint density at radius 3 is 2.80 bits per heavy atom. The molecule has 80 valence electrons. The van der Waals surface area contributed by atoms with Crippen molar-refractivity contribution in [3.63, 3.8) is 0 Å². The zero-order valence-corrected chi connectivity index (χ0v) is 8.01. The number of carbonyl (C=O) groups is 1. The van der Waals surface area contributed by atoms with Crippen molar-refractivity contribution >= 4 is 6.09 Å². The number of hydrogen-bond donors (Lipinski definition) is 1. The quantitative estimate of drug-likeness (QED) is 0.773. The molecule has 1 aromatic rings. The Hall–Kier alpha value is -1.65. The van der Waals surface area contributed by atoms with Gasteiger partial charge in [-0.25, -0.2) is 13.6 Å². The maximum atomic E-state index is 13.4. The summed E-state index contributed by atoms with van der Waals surface area (Å²) in [7, 11) is 0. The summed E-state index contributed by atoms with van der Waals surface area (Å²) in [5.41, 5.74) is -0.906. The molecule has 1 amide bonds. The predicted octanol–water partition coefficient (Wildman–Crippen LogP) is 1.92. The molecule has 0 aliphatic carbocycles. The minimum atomic E-state index is -0.997. The molecule has 1 aliphatic rings. The molecule has 0 bridgehead atoms. The Morgan fingerprint density at radius 2 is 2.20 bits per heavy atom. The highest BCUT2D eigenvalue weighted by Crippen LogP contribution is 2.28. The normalized spacial score (nSPS) is 24.9. The lowest BCUT2D eigenvalue weighted by molar-refractivity contribution is 0.173. The molecule has 15 heavy (non-hydrogen) atoms. The maximum absolute atomic E-state index is 13.4. The predicted molar refractivity (Wildman–Crippen MR) is 48.2 cm³/mol. The van der Waals surface area contributed by atoms with Crippen LogP contribution < -0.4 is 5.32 Å².